The Kier molecular flexibility index (Phi) is 6.01. The van der Waals surface area contributed by atoms with Gasteiger partial charge in [0.1, 0.15) is 5.69 Å². The molecule has 3 aromatic carbocycles. The highest BCUT2D eigenvalue weighted by Gasteiger charge is 2.26. The topological polar surface area (TPSA) is 96.9 Å². The van der Waals surface area contributed by atoms with Gasteiger partial charge in [-0.15, -0.1) is 0 Å². The first kappa shape index (κ1) is 23.4. The van der Waals surface area contributed by atoms with Crippen molar-refractivity contribution in [1.29, 1.82) is 0 Å². The van der Waals surface area contributed by atoms with Gasteiger partial charge in [-0.1, -0.05) is 60.7 Å². The first-order valence-electron chi connectivity index (χ1n) is 12.4. The Hall–Kier alpha value is -5.05. The molecule has 1 aliphatic heterocycles. The number of rotatable bonds is 5. The van der Waals surface area contributed by atoms with E-state index in [1.165, 1.54) is 12.1 Å². The molecular weight excluding hydrogens is 480 g/mol. The molecule has 6 rings (SSSR count). The number of nitro benzene ring substituents is 1. The minimum absolute atomic E-state index is 0.0626. The van der Waals surface area contributed by atoms with E-state index in [4.69, 9.17) is 10.1 Å². The number of carbonyl (C=O) groups is 1. The summed E-state index contributed by atoms with van der Waals surface area (Å²) in [6, 6.07) is 29.9. The molecule has 9 heteroatoms. The van der Waals surface area contributed by atoms with Crippen molar-refractivity contribution in [1.82, 2.24) is 19.5 Å². The second kappa shape index (κ2) is 9.78. The summed E-state index contributed by atoms with van der Waals surface area (Å²) in [5.41, 5.74) is 5.38. The first-order chi connectivity index (χ1) is 18.6. The van der Waals surface area contributed by atoms with Gasteiger partial charge in [0.15, 0.2) is 5.65 Å². The molecule has 1 fully saturated rings. The molecule has 0 bridgehead atoms. The number of nitro groups is 1. The summed E-state index contributed by atoms with van der Waals surface area (Å²) in [6.07, 6.45) is 0. The summed E-state index contributed by atoms with van der Waals surface area (Å²) < 4.78 is 1.64. The number of benzene rings is 3. The summed E-state index contributed by atoms with van der Waals surface area (Å²) >= 11 is 0. The molecule has 3 heterocycles. The van der Waals surface area contributed by atoms with Crippen LogP contribution in [0.2, 0.25) is 0 Å². The summed E-state index contributed by atoms with van der Waals surface area (Å²) in [7, 11) is 0. The zero-order chi connectivity index (χ0) is 26.1. The van der Waals surface area contributed by atoms with Crippen molar-refractivity contribution in [3.63, 3.8) is 0 Å². The molecule has 9 nitrogen and oxygen atoms in total. The quantitative estimate of drug-likeness (QED) is 0.249. The molecule has 0 unspecified atom stereocenters. The highest BCUT2D eigenvalue weighted by molar-refractivity contribution is 5.94. The van der Waals surface area contributed by atoms with Crippen LogP contribution in [0.1, 0.15) is 10.5 Å². The van der Waals surface area contributed by atoms with Crippen LogP contribution in [-0.4, -0.2) is 56.5 Å². The number of amides is 1. The Labute approximate surface area is 218 Å². The molecular formula is C29H24N6O3. The van der Waals surface area contributed by atoms with Crippen molar-refractivity contribution in [2.45, 2.75) is 0 Å². The van der Waals surface area contributed by atoms with Crippen molar-refractivity contribution >= 4 is 22.9 Å². The lowest BCUT2D eigenvalue weighted by Crippen LogP contribution is -2.49. The van der Waals surface area contributed by atoms with Crippen molar-refractivity contribution in [3.05, 3.63) is 113 Å². The third kappa shape index (κ3) is 4.45. The minimum Gasteiger partial charge on any atom is -0.368 e. The van der Waals surface area contributed by atoms with Crippen LogP contribution >= 0.6 is 0 Å². The summed E-state index contributed by atoms with van der Waals surface area (Å²) in [4.78, 5) is 33.2. The lowest BCUT2D eigenvalue weighted by Gasteiger charge is -2.36. The van der Waals surface area contributed by atoms with Crippen LogP contribution in [0.15, 0.2) is 97.1 Å². The number of carbonyl (C=O) groups excluding carboxylic acids is 1. The number of anilines is 1. The number of nitrogens with zero attached hydrogens (tertiary/aromatic N) is 6. The molecule has 38 heavy (non-hydrogen) atoms. The first-order valence-corrected chi connectivity index (χ1v) is 12.4. The van der Waals surface area contributed by atoms with Crippen LogP contribution in [-0.2, 0) is 0 Å². The standard InChI is InChI=1S/C29H24N6O3/c36-29(33-17-15-32(16-18-33)23-11-13-24(14-12-23)35(37)38)27-19-25(21-7-3-1-4-8-21)30-28-20-26(31-34(27)28)22-9-5-2-6-10-22/h1-14,19-20H,15-18H2. The van der Waals surface area contributed by atoms with E-state index >= 15 is 0 Å². The van der Waals surface area contributed by atoms with E-state index in [1.807, 2.05) is 77.7 Å². The van der Waals surface area contributed by atoms with E-state index in [-0.39, 0.29) is 11.6 Å². The molecule has 0 atom stereocenters. The maximum absolute atomic E-state index is 13.8. The average Bonchev–Trinajstić information content (AvgIpc) is 3.42. The number of hydrogen-bond donors (Lipinski definition) is 0. The molecule has 0 saturated carbocycles. The van der Waals surface area contributed by atoms with Gasteiger partial charge in [0.2, 0.25) is 0 Å². The zero-order valence-corrected chi connectivity index (χ0v) is 20.5. The van der Waals surface area contributed by atoms with Gasteiger partial charge in [-0.2, -0.15) is 5.10 Å². The summed E-state index contributed by atoms with van der Waals surface area (Å²) in [5.74, 6) is -0.111. The fraction of sp³-hybridized carbons (Fsp3) is 0.138. The number of piperazine rings is 1. The third-order valence-corrected chi connectivity index (χ3v) is 6.78. The van der Waals surface area contributed by atoms with Gasteiger partial charge in [0, 0.05) is 61.2 Å². The molecule has 188 valence electrons. The lowest BCUT2D eigenvalue weighted by atomic mass is 10.1. The van der Waals surface area contributed by atoms with E-state index in [9.17, 15) is 14.9 Å². The van der Waals surface area contributed by atoms with E-state index in [2.05, 4.69) is 4.90 Å². The van der Waals surface area contributed by atoms with Gasteiger partial charge in [-0.25, -0.2) is 9.50 Å². The Morgan fingerprint density at radius 3 is 1.97 bits per heavy atom. The summed E-state index contributed by atoms with van der Waals surface area (Å²) in [5, 5.41) is 15.7. The van der Waals surface area contributed by atoms with E-state index in [0.29, 0.717) is 43.2 Å². The largest absolute Gasteiger partial charge is 0.368 e. The lowest BCUT2D eigenvalue weighted by molar-refractivity contribution is -0.384. The van der Waals surface area contributed by atoms with Crippen LogP contribution in [0.4, 0.5) is 11.4 Å². The fourth-order valence-electron chi connectivity index (χ4n) is 4.75. The minimum atomic E-state index is -0.405. The number of hydrogen-bond acceptors (Lipinski definition) is 6. The predicted molar refractivity (Wildman–Crippen MR) is 145 cm³/mol. The second-order valence-electron chi connectivity index (χ2n) is 9.11. The van der Waals surface area contributed by atoms with Crippen LogP contribution in [0.5, 0.6) is 0 Å². The van der Waals surface area contributed by atoms with Crippen molar-refractivity contribution < 1.29 is 9.72 Å². The van der Waals surface area contributed by atoms with E-state index in [1.54, 1.807) is 16.6 Å². The van der Waals surface area contributed by atoms with Gasteiger partial charge < -0.3 is 9.80 Å². The van der Waals surface area contributed by atoms with Crippen LogP contribution in [0, 0.1) is 10.1 Å². The maximum atomic E-state index is 13.8. The molecule has 0 aliphatic carbocycles. The number of non-ortho nitro benzene ring substituents is 1. The average molecular weight is 505 g/mol. The predicted octanol–water partition coefficient (Wildman–Crippen LogP) is 4.93. The third-order valence-electron chi connectivity index (χ3n) is 6.78. The monoisotopic (exact) mass is 504 g/mol. The van der Waals surface area contributed by atoms with Crippen LogP contribution in [0.3, 0.4) is 0 Å². The van der Waals surface area contributed by atoms with Crippen LogP contribution < -0.4 is 4.90 Å². The SMILES string of the molecule is O=C(c1cc(-c2ccccc2)nc2cc(-c3ccccc3)nn12)N1CCN(c2ccc([N+](=O)[O-])cc2)CC1. The van der Waals surface area contributed by atoms with Gasteiger partial charge in [-0.3, -0.25) is 14.9 Å². The molecule has 5 aromatic rings. The highest BCUT2D eigenvalue weighted by Crippen LogP contribution is 2.26. The van der Waals surface area contributed by atoms with Gasteiger partial charge in [-0.05, 0) is 18.2 Å². The summed E-state index contributed by atoms with van der Waals surface area (Å²) in [6.45, 7) is 2.29. The van der Waals surface area contributed by atoms with Gasteiger partial charge in [0.25, 0.3) is 11.6 Å². The Morgan fingerprint density at radius 1 is 0.763 bits per heavy atom. The van der Waals surface area contributed by atoms with Gasteiger partial charge in [0.05, 0.1) is 16.3 Å². The molecule has 0 spiro atoms. The molecule has 2 aromatic heterocycles. The Bertz CT molecular complexity index is 1610. The van der Waals surface area contributed by atoms with Crippen molar-refractivity contribution in [2.24, 2.45) is 0 Å². The molecule has 1 aliphatic rings. The maximum Gasteiger partial charge on any atom is 0.272 e. The molecule has 0 N–H and O–H groups in total. The highest BCUT2D eigenvalue weighted by atomic mass is 16.6. The second-order valence-corrected chi connectivity index (χ2v) is 9.11. The number of aromatic nitrogens is 3. The molecule has 1 saturated heterocycles. The van der Waals surface area contributed by atoms with Crippen molar-refractivity contribution in [3.8, 4) is 22.5 Å². The van der Waals surface area contributed by atoms with Crippen molar-refractivity contribution in [2.75, 3.05) is 31.1 Å². The zero-order valence-electron chi connectivity index (χ0n) is 20.5. The Morgan fingerprint density at radius 2 is 1.37 bits per heavy atom. The normalized spacial score (nSPS) is 13.6. The fourth-order valence-corrected chi connectivity index (χ4v) is 4.75. The van der Waals surface area contributed by atoms with Gasteiger partial charge >= 0.3 is 0 Å². The molecule has 1 amide bonds. The number of fused-ring (bicyclic) bond motifs is 1. The smallest absolute Gasteiger partial charge is 0.272 e. The van der Waals surface area contributed by atoms with Crippen LogP contribution in [0.25, 0.3) is 28.2 Å². The Balaban J connectivity index is 1.31. The van der Waals surface area contributed by atoms with E-state index < -0.39 is 4.92 Å². The van der Waals surface area contributed by atoms with E-state index in [0.717, 1.165) is 22.5 Å². The molecule has 0 radical (unpaired) electrons.